The average Bonchev–Trinajstić information content (AvgIpc) is 2.40. The Morgan fingerprint density at radius 1 is 1.60 bits per heavy atom. The van der Waals surface area contributed by atoms with E-state index in [1.54, 1.807) is 6.92 Å². The number of carbonyl (C=O) groups is 1. The minimum Gasteiger partial charge on any atom is -0.395 e. The lowest BCUT2D eigenvalue weighted by Crippen LogP contribution is -2.41. The number of benzene rings is 1. The molecule has 20 heavy (non-hydrogen) atoms. The molecule has 0 fully saturated rings. The highest BCUT2D eigenvalue weighted by molar-refractivity contribution is 7.99. The summed E-state index contributed by atoms with van der Waals surface area (Å²) in [6.07, 6.45) is 1.83. The Morgan fingerprint density at radius 3 is 2.75 bits per heavy atom. The smallest absolute Gasteiger partial charge is 0.288 e. The zero-order valence-electron chi connectivity index (χ0n) is 11.0. The van der Waals surface area contributed by atoms with Crippen LogP contribution in [0.4, 0.5) is 5.69 Å². The minimum absolute atomic E-state index is 0.0167. The molecule has 2 atom stereocenters. The highest BCUT2D eigenvalue weighted by atomic mass is 35.5. The van der Waals surface area contributed by atoms with Crippen molar-refractivity contribution in [1.29, 1.82) is 0 Å². The summed E-state index contributed by atoms with van der Waals surface area (Å²) in [6, 6.07) is 3.61. The van der Waals surface area contributed by atoms with Crippen LogP contribution in [-0.4, -0.2) is 40.1 Å². The Kier molecular flexibility index (Phi) is 6.25. The van der Waals surface area contributed by atoms with Crippen molar-refractivity contribution in [3.8, 4) is 0 Å². The lowest BCUT2D eigenvalue weighted by atomic mass is 10.1. The van der Waals surface area contributed by atoms with Gasteiger partial charge in [-0.25, -0.2) is 0 Å². The van der Waals surface area contributed by atoms with E-state index in [0.29, 0.717) is 0 Å². The van der Waals surface area contributed by atoms with Crippen molar-refractivity contribution in [3.63, 3.8) is 0 Å². The standard InChI is InChI=1S/C12H15ClN2O4S/c1-7(11(6-16)20-2)14-12(17)8-3-4-9(13)10(5-8)15(18)19/h3-5,7,11,16H,6H2,1-2H3,(H,14,17). The molecule has 110 valence electrons. The molecule has 0 aliphatic rings. The van der Waals surface area contributed by atoms with Gasteiger partial charge in [0.2, 0.25) is 0 Å². The minimum atomic E-state index is -0.638. The summed E-state index contributed by atoms with van der Waals surface area (Å²) in [5.74, 6) is -0.440. The van der Waals surface area contributed by atoms with E-state index >= 15 is 0 Å². The van der Waals surface area contributed by atoms with E-state index in [4.69, 9.17) is 16.7 Å². The summed E-state index contributed by atoms with van der Waals surface area (Å²) >= 11 is 7.12. The second kappa shape index (κ2) is 7.47. The Hall–Kier alpha value is -1.31. The molecular formula is C12H15ClN2O4S. The summed E-state index contributed by atoms with van der Waals surface area (Å²) in [6.45, 7) is 1.70. The molecule has 0 aliphatic carbocycles. The first-order chi connectivity index (χ1) is 9.40. The van der Waals surface area contributed by atoms with Gasteiger partial charge in [0.05, 0.1) is 11.5 Å². The predicted octanol–water partition coefficient (Wildman–Crippen LogP) is 2.09. The second-order valence-electron chi connectivity index (χ2n) is 4.14. The van der Waals surface area contributed by atoms with E-state index in [0.717, 1.165) is 6.07 Å². The van der Waals surface area contributed by atoms with Crippen LogP contribution in [0.2, 0.25) is 5.02 Å². The fourth-order valence-corrected chi connectivity index (χ4v) is 2.43. The molecule has 0 saturated carbocycles. The molecular weight excluding hydrogens is 304 g/mol. The van der Waals surface area contributed by atoms with E-state index in [2.05, 4.69) is 5.32 Å². The summed E-state index contributed by atoms with van der Waals surface area (Å²) < 4.78 is 0. The number of nitro benzene ring substituents is 1. The van der Waals surface area contributed by atoms with Gasteiger partial charge in [0.15, 0.2) is 0 Å². The third-order valence-corrected chi connectivity index (χ3v) is 4.29. The van der Waals surface area contributed by atoms with Crippen LogP contribution < -0.4 is 5.32 Å². The van der Waals surface area contributed by atoms with E-state index in [1.165, 1.54) is 23.9 Å². The third-order valence-electron chi connectivity index (χ3n) is 2.80. The Balaban J connectivity index is 2.88. The maximum absolute atomic E-state index is 12.0. The fraction of sp³-hybridized carbons (Fsp3) is 0.417. The Bertz CT molecular complexity index is 508. The van der Waals surface area contributed by atoms with Gasteiger partial charge >= 0.3 is 0 Å². The van der Waals surface area contributed by atoms with Gasteiger partial charge in [-0.2, -0.15) is 11.8 Å². The van der Waals surface area contributed by atoms with Gasteiger partial charge in [-0.3, -0.25) is 14.9 Å². The van der Waals surface area contributed by atoms with Crippen molar-refractivity contribution in [2.45, 2.75) is 18.2 Å². The molecule has 0 radical (unpaired) electrons. The lowest BCUT2D eigenvalue weighted by molar-refractivity contribution is -0.384. The van der Waals surface area contributed by atoms with Crippen molar-refractivity contribution in [2.24, 2.45) is 0 Å². The number of nitrogens with zero attached hydrogens (tertiary/aromatic N) is 1. The number of nitrogens with one attached hydrogen (secondary N) is 1. The normalized spacial score (nSPS) is 13.6. The average molecular weight is 319 g/mol. The van der Waals surface area contributed by atoms with Crippen LogP contribution in [-0.2, 0) is 0 Å². The highest BCUT2D eigenvalue weighted by Gasteiger charge is 2.20. The van der Waals surface area contributed by atoms with Crippen LogP contribution >= 0.6 is 23.4 Å². The molecule has 0 spiro atoms. The van der Waals surface area contributed by atoms with Crippen LogP contribution in [0.25, 0.3) is 0 Å². The largest absolute Gasteiger partial charge is 0.395 e. The van der Waals surface area contributed by atoms with E-state index in [1.807, 2.05) is 6.26 Å². The van der Waals surface area contributed by atoms with Crippen molar-refractivity contribution < 1.29 is 14.8 Å². The maximum atomic E-state index is 12.0. The Labute approximate surface area is 125 Å². The van der Waals surface area contributed by atoms with E-state index in [-0.39, 0.29) is 34.2 Å². The summed E-state index contributed by atoms with van der Waals surface area (Å²) in [5, 5.41) is 22.5. The number of aliphatic hydroxyl groups excluding tert-OH is 1. The molecule has 8 heteroatoms. The molecule has 0 bridgehead atoms. The first kappa shape index (κ1) is 16.7. The van der Waals surface area contributed by atoms with Crippen molar-refractivity contribution in [1.82, 2.24) is 5.32 Å². The van der Waals surface area contributed by atoms with Gasteiger partial charge in [-0.1, -0.05) is 11.6 Å². The van der Waals surface area contributed by atoms with E-state index < -0.39 is 10.8 Å². The topological polar surface area (TPSA) is 92.5 Å². The lowest BCUT2D eigenvalue weighted by Gasteiger charge is -2.21. The van der Waals surface area contributed by atoms with Crippen LogP contribution in [0, 0.1) is 10.1 Å². The molecule has 2 N–H and O–H groups in total. The molecule has 1 rings (SSSR count). The molecule has 0 aliphatic heterocycles. The van der Waals surface area contributed by atoms with Gasteiger partial charge in [0.1, 0.15) is 5.02 Å². The van der Waals surface area contributed by atoms with Gasteiger partial charge in [-0.15, -0.1) is 0 Å². The number of rotatable bonds is 6. The SMILES string of the molecule is CSC(CO)C(C)NC(=O)c1ccc(Cl)c([N+](=O)[O-])c1. The molecule has 2 unspecified atom stereocenters. The number of thioether (sulfide) groups is 1. The quantitative estimate of drug-likeness (QED) is 0.619. The number of amides is 1. The molecule has 1 amide bonds. The first-order valence-electron chi connectivity index (χ1n) is 5.79. The van der Waals surface area contributed by atoms with Crippen LogP contribution in [0.5, 0.6) is 0 Å². The summed E-state index contributed by atoms with van der Waals surface area (Å²) in [7, 11) is 0. The molecule has 1 aromatic rings. The van der Waals surface area contributed by atoms with Crippen molar-refractivity contribution in [2.75, 3.05) is 12.9 Å². The van der Waals surface area contributed by atoms with Crippen molar-refractivity contribution in [3.05, 3.63) is 38.9 Å². The van der Waals surface area contributed by atoms with Gasteiger partial charge in [0, 0.05) is 22.9 Å². The Morgan fingerprint density at radius 2 is 2.25 bits per heavy atom. The maximum Gasteiger partial charge on any atom is 0.288 e. The van der Waals surface area contributed by atoms with E-state index in [9.17, 15) is 14.9 Å². The zero-order valence-corrected chi connectivity index (χ0v) is 12.6. The number of nitro groups is 1. The molecule has 1 aromatic carbocycles. The number of aliphatic hydroxyl groups is 1. The van der Waals surface area contributed by atoms with Crippen molar-refractivity contribution >= 4 is 35.0 Å². The number of hydrogen-bond donors (Lipinski definition) is 2. The second-order valence-corrected chi connectivity index (χ2v) is 5.63. The summed E-state index contributed by atoms with van der Waals surface area (Å²) in [5.41, 5.74) is -0.152. The van der Waals surface area contributed by atoms with Crippen LogP contribution in [0.15, 0.2) is 18.2 Å². The molecule has 6 nitrogen and oxygen atoms in total. The van der Waals surface area contributed by atoms with Crippen LogP contribution in [0.3, 0.4) is 0 Å². The van der Waals surface area contributed by atoms with Crippen LogP contribution in [0.1, 0.15) is 17.3 Å². The fourth-order valence-electron chi connectivity index (χ4n) is 1.61. The zero-order chi connectivity index (χ0) is 15.3. The molecule has 0 saturated heterocycles. The number of halogens is 1. The summed E-state index contributed by atoms with van der Waals surface area (Å²) in [4.78, 5) is 22.1. The number of carbonyl (C=O) groups excluding carboxylic acids is 1. The van der Waals surface area contributed by atoms with Gasteiger partial charge in [0.25, 0.3) is 11.6 Å². The van der Waals surface area contributed by atoms with Gasteiger partial charge < -0.3 is 10.4 Å². The molecule has 0 heterocycles. The predicted molar refractivity (Wildman–Crippen MR) is 79.4 cm³/mol. The monoisotopic (exact) mass is 318 g/mol. The van der Waals surface area contributed by atoms with Gasteiger partial charge in [-0.05, 0) is 25.3 Å². The third kappa shape index (κ3) is 4.09. The number of hydrogen-bond acceptors (Lipinski definition) is 5. The first-order valence-corrected chi connectivity index (χ1v) is 7.45. The molecule has 0 aromatic heterocycles. The highest BCUT2D eigenvalue weighted by Crippen LogP contribution is 2.25.